The van der Waals surface area contributed by atoms with Crippen LogP contribution in [0.4, 0.5) is 5.82 Å². The molecule has 0 aliphatic carbocycles. The van der Waals surface area contributed by atoms with E-state index in [1.54, 1.807) is 0 Å². The van der Waals surface area contributed by atoms with E-state index < -0.39 is 10.0 Å². The summed E-state index contributed by atoms with van der Waals surface area (Å²) < 4.78 is 28.6. The average Bonchev–Trinajstić information content (AvgIpc) is 2.45. The first-order valence-electron chi connectivity index (χ1n) is 5.78. The van der Waals surface area contributed by atoms with Gasteiger partial charge >= 0.3 is 0 Å². The maximum absolute atomic E-state index is 12.3. The van der Waals surface area contributed by atoms with Crippen molar-refractivity contribution in [3.8, 4) is 0 Å². The molecule has 21 heavy (non-hydrogen) atoms. The summed E-state index contributed by atoms with van der Waals surface area (Å²) in [6, 6.07) is 8.80. The molecule has 0 saturated heterocycles. The predicted octanol–water partition coefficient (Wildman–Crippen LogP) is 2.37. The second-order valence-corrected chi connectivity index (χ2v) is 7.67. The highest BCUT2D eigenvalue weighted by Crippen LogP contribution is 2.22. The molecular formula is C12H12Br2N4O2S. The minimum atomic E-state index is -3.74. The Hall–Kier alpha value is -1.00. The van der Waals surface area contributed by atoms with Gasteiger partial charge in [0, 0.05) is 21.7 Å². The summed E-state index contributed by atoms with van der Waals surface area (Å²) in [5.41, 5.74) is 3.11. The highest BCUT2D eigenvalue weighted by Gasteiger charge is 2.19. The van der Waals surface area contributed by atoms with Crippen molar-refractivity contribution in [2.24, 2.45) is 5.84 Å². The Bertz CT molecular complexity index is 753. The first kappa shape index (κ1) is 16.4. The van der Waals surface area contributed by atoms with Crippen LogP contribution in [0.2, 0.25) is 0 Å². The monoisotopic (exact) mass is 434 g/mol. The molecular weight excluding hydrogens is 424 g/mol. The molecule has 0 atom stereocenters. The van der Waals surface area contributed by atoms with Crippen LogP contribution in [0.15, 0.2) is 50.4 Å². The second-order valence-electron chi connectivity index (χ2n) is 4.10. The predicted molar refractivity (Wildman–Crippen MR) is 87.9 cm³/mol. The third-order valence-corrected chi connectivity index (χ3v) is 4.94. The van der Waals surface area contributed by atoms with Gasteiger partial charge < -0.3 is 5.43 Å². The Morgan fingerprint density at radius 3 is 2.62 bits per heavy atom. The number of nitrogens with one attached hydrogen (secondary N) is 2. The molecule has 112 valence electrons. The number of hydrogen-bond acceptors (Lipinski definition) is 5. The summed E-state index contributed by atoms with van der Waals surface area (Å²) in [4.78, 5) is 3.90. The van der Waals surface area contributed by atoms with E-state index in [-0.39, 0.29) is 17.3 Å². The molecule has 1 aromatic heterocycles. The van der Waals surface area contributed by atoms with E-state index in [2.05, 4.69) is 47.0 Å². The molecule has 0 unspecified atom stereocenters. The highest BCUT2D eigenvalue weighted by atomic mass is 79.9. The summed E-state index contributed by atoms with van der Waals surface area (Å²) in [6.07, 6.45) is 1.46. The molecule has 0 fully saturated rings. The summed E-state index contributed by atoms with van der Waals surface area (Å²) >= 11 is 6.53. The zero-order chi connectivity index (χ0) is 15.5. The molecule has 0 amide bonds. The van der Waals surface area contributed by atoms with Crippen LogP contribution in [0.1, 0.15) is 5.56 Å². The van der Waals surface area contributed by atoms with Gasteiger partial charge in [0.1, 0.15) is 4.90 Å². The third kappa shape index (κ3) is 4.24. The molecule has 1 aromatic carbocycles. The summed E-state index contributed by atoms with van der Waals surface area (Å²) in [5.74, 6) is 5.38. The number of aromatic nitrogens is 1. The largest absolute Gasteiger partial charge is 0.307 e. The number of hydrogen-bond donors (Lipinski definition) is 3. The summed E-state index contributed by atoms with van der Waals surface area (Å²) in [6.45, 7) is 0.165. The number of nitrogens with two attached hydrogens (primary N) is 1. The molecule has 6 nitrogen and oxygen atoms in total. The van der Waals surface area contributed by atoms with Crippen LogP contribution < -0.4 is 16.0 Å². The van der Waals surface area contributed by atoms with Gasteiger partial charge in [-0.2, -0.15) is 0 Å². The van der Waals surface area contributed by atoms with Crippen molar-refractivity contribution in [2.45, 2.75) is 11.4 Å². The molecule has 2 rings (SSSR count). The SMILES string of the molecule is NNc1ncc(Br)cc1S(=O)(=O)NCc1cccc(Br)c1. The lowest BCUT2D eigenvalue weighted by Crippen LogP contribution is -2.25. The lowest BCUT2D eigenvalue weighted by molar-refractivity contribution is 0.581. The second kappa shape index (κ2) is 6.84. The minimum Gasteiger partial charge on any atom is -0.307 e. The number of halogens is 2. The topological polar surface area (TPSA) is 97.1 Å². The van der Waals surface area contributed by atoms with E-state index in [1.165, 1.54) is 12.3 Å². The van der Waals surface area contributed by atoms with Crippen molar-refractivity contribution in [1.82, 2.24) is 9.71 Å². The molecule has 0 radical (unpaired) electrons. The Kier molecular flexibility index (Phi) is 5.33. The molecule has 2 aromatic rings. The van der Waals surface area contributed by atoms with Crippen LogP contribution in [0.3, 0.4) is 0 Å². The van der Waals surface area contributed by atoms with Gasteiger partial charge in [0.15, 0.2) is 5.82 Å². The van der Waals surface area contributed by atoms with Gasteiger partial charge in [-0.15, -0.1) is 0 Å². The van der Waals surface area contributed by atoms with Gasteiger partial charge in [0.2, 0.25) is 10.0 Å². The lowest BCUT2D eigenvalue weighted by atomic mass is 10.2. The number of pyridine rings is 1. The molecule has 0 bridgehead atoms. The molecule has 0 aliphatic rings. The molecule has 0 saturated carbocycles. The highest BCUT2D eigenvalue weighted by molar-refractivity contribution is 9.10. The van der Waals surface area contributed by atoms with E-state index in [9.17, 15) is 8.42 Å². The zero-order valence-electron chi connectivity index (χ0n) is 10.7. The van der Waals surface area contributed by atoms with Crippen LogP contribution in [0.5, 0.6) is 0 Å². The number of nitrogens with zero attached hydrogens (tertiary/aromatic N) is 1. The quantitative estimate of drug-likeness (QED) is 0.494. The smallest absolute Gasteiger partial charge is 0.244 e. The van der Waals surface area contributed by atoms with Crippen LogP contribution in [-0.4, -0.2) is 13.4 Å². The van der Waals surface area contributed by atoms with E-state index in [0.717, 1.165) is 10.0 Å². The summed E-state index contributed by atoms with van der Waals surface area (Å²) in [7, 11) is -3.74. The molecule has 1 heterocycles. The van der Waals surface area contributed by atoms with E-state index in [0.29, 0.717) is 4.47 Å². The lowest BCUT2D eigenvalue weighted by Gasteiger charge is -2.11. The van der Waals surface area contributed by atoms with Crippen LogP contribution in [0.25, 0.3) is 0 Å². The maximum atomic E-state index is 12.3. The number of anilines is 1. The van der Waals surface area contributed by atoms with Gasteiger partial charge in [0.05, 0.1) is 0 Å². The fourth-order valence-electron chi connectivity index (χ4n) is 1.64. The Labute approximate surface area is 139 Å². The van der Waals surface area contributed by atoms with Gasteiger partial charge in [-0.1, -0.05) is 28.1 Å². The van der Waals surface area contributed by atoms with Crippen molar-refractivity contribution in [1.29, 1.82) is 0 Å². The van der Waals surface area contributed by atoms with Crippen molar-refractivity contribution in [2.75, 3.05) is 5.43 Å². The maximum Gasteiger partial charge on any atom is 0.244 e. The normalized spacial score (nSPS) is 11.4. The van der Waals surface area contributed by atoms with Crippen LogP contribution in [0, 0.1) is 0 Å². The van der Waals surface area contributed by atoms with Crippen molar-refractivity contribution < 1.29 is 8.42 Å². The first-order valence-corrected chi connectivity index (χ1v) is 8.85. The van der Waals surface area contributed by atoms with Gasteiger partial charge in [-0.05, 0) is 39.7 Å². The fourth-order valence-corrected chi connectivity index (χ4v) is 3.73. The van der Waals surface area contributed by atoms with Crippen LogP contribution in [-0.2, 0) is 16.6 Å². The number of hydrazine groups is 1. The van der Waals surface area contributed by atoms with Gasteiger partial charge in [-0.25, -0.2) is 24.0 Å². The van der Waals surface area contributed by atoms with E-state index >= 15 is 0 Å². The Balaban J connectivity index is 2.24. The number of rotatable bonds is 5. The summed E-state index contributed by atoms with van der Waals surface area (Å²) in [5, 5.41) is 0. The number of sulfonamides is 1. The van der Waals surface area contributed by atoms with Crippen molar-refractivity contribution in [3.05, 3.63) is 51.0 Å². The van der Waals surface area contributed by atoms with Crippen LogP contribution >= 0.6 is 31.9 Å². The molecule has 0 spiro atoms. The van der Waals surface area contributed by atoms with E-state index in [1.807, 2.05) is 24.3 Å². The third-order valence-electron chi connectivity index (χ3n) is 2.60. The molecule has 4 N–H and O–H groups in total. The van der Waals surface area contributed by atoms with Gasteiger partial charge in [0.25, 0.3) is 0 Å². The Morgan fingerprint density at radius 1 is 1.19 bits per heavy atom. The molecule has 0 aliphatic heterocycles. The number of nitrogen functional groups attached to an aromatic ring is 1. The van der Waals surface area contributed by atoms with E-state index in [4.69, 9.17) is 5.84 Å². The first-order chi connectivity index (χ1) is 9.92. The average molecular weight is 436 g/mol. The zero-order valence-corrected chi connectivity index (χ0v) is 14.7. The van der Waals surface area contributed by atoms with Crippen molar-refractivity contribution in [3.63, 3.8) is 0 Å². The standard InChI is InChI=1S/C12H12Br2N4O2S/c13-9-3-1-2-8(4-9)6-17-21(19,20)11-5-10(14)7-16-12(11)18-15/h1-5,7,17H,6,15H2,(H,16,18). The van der Waals surface area contributed by atoms with Gasteiger partial charge in [-0.3, -0.25) is 0 Å². The van der Waals surface area contributed by atoms with Crippen molar-refractivity contribution >= 4 is 47.7 Å². The molecule has 9 heteroatoms. The fraction of sp³-hybridized carbons (Fsp3) is 0.0833. The number of benzene rings is 1. The Morgan fingerprint density at radius 2 is 1.95 bits per heavy atom. The minimum absolute atomic E-state index is 0.0191.